The van der Waals surface area contributed by atoms with Crippen LogP contribution in [0.3, 0.4) is 0 Å². The Balaban J connectivity index is 2.28. The van der Waals surface area contributed by atoms with Gasteiger partial charge in [0.2, 0.25) is 0 Å². The van der Waals surface area contributed by atoms with Gasteiger partial charge >= 0.3 is 0 Å². The van der Waals surface area contributed by atoms with E-state index >= 15 is 0 Å². The number of rotatable bonds is 3. The number of hydrogen-bond acceptors (Lipinski definition) is 3. The summed E-state index contributed by atoms with van der Waals surface area (Å²) in [6, 6.07) is 8.41. The third-order valence-electron chi connectivity index (χ3n) is 2.48. The molecule has 7 heteroatoms. The summed E-state index contributed by atoms with van der Waals surface area (Å²) in [5, 5.41) is 6.23. The van der Waals surface area contributed by atoms with Gasteiger partial charge in [0.15, 0.2) is 0 Å². The summed E-state index contributed by atoms with van der Waals surface area (Å²) < 4.78 is 0.737. The van der Waals surface area contributed by atoms with Crippen LogP contribution in [0.25, 0.3) is 0 Å². The molecular weight excluding hydrogens is 365 g/mol. The Morgan fingerprint density at radius 2 is 1.90 bits per heavy atom. The minimum atomic E-state index is -0.381. The van der Waals surface area contributed by atoms with Crippen LogP contribution >= 0.6 is 39.1 Å². The average molecular weight is 375 g/mol. The van der Waals surface area contributed by atoms with E-state index < -0.39 is 0 Å². The highest BCUT2D eigenvalue weighted by atomic mass is 79.9. The SMILES string of the molecule is CNc1cccc(C(=O)Nc2c(Cl)cc(Br)cc2Cl)n1. The number of halogens is 3. The number of aromatic nitrogens is 1. The second kappa shape index (κ2) is 6.43. The van der Waals surface area contributed by atoms with E-state index in [0.29, 0.717) is 21.6 Å². The Hall–Kier alpha value is -1.30. The molecule has 0 saturated carbocycles. The molecule has 104 valence electrons. The Bertz CT molecular complexity index is 641. The van der Waals surface area contributed by atoms with E-state index in [9.17, 15) is 4.79 Å². The standard InChI is InChI=1S/C13H10BrCl2N3O/c1-17-11-4-2-3-10(18-11)13(20)19-12-8(15)5-7(14)6-9(12)16/h2-6H,1H3,(H,17,18)(H,19,20). The molecule has 0 spiro atoms. The van der Waals surface area contributed by atoms with Crippen LogP contribution in [-0.4, -0.2) is 17.9 Å². The number of benzene rings is 1. The molecule has 1 amide bonds. The Morgan fingerprint density at radius 1 is 1.25 bits per heavy atom. The smallest absolute Gasteiger partial charge is 0.274 e. The van der Waals surface area contributed by atoms with Crippen molar-refractivity contribution < 1.29 is 4.79 Å². The second-order valence-corrected chi connectivity index (χ2v) is 5.59. The van der Waals surface area contributed by atoms with E-state index in [4.69, 9.17) is 23.2 Å². The molecule has 0 aliphatic heterocycles. The molecule has 4 nitrogen and oxygen atoms in total. The first-order valence-electron chi connectivity index (χ1n) is 5.62. The molecular formula is C13H10BrCl2N3O. The minimum absolute atomic E-state index is 0.270. The van der Waals surface area contributed by atoms with Crippen LogP contribution in [0.5, 0.6) is 0 Å². The van der Waals surface area contributed by atoms with Crippen LogP contribution in [0.2, 0.25) is 10.0 Å². The van der Waals surface area contributed by atoms with Crippen molar-refractivity contribution in [3.63, 3.8) is 0 Å². The van der Waals surface area contributed by atoms with Crippen LogP contribution in [-0.2, 0) is 0 Å². The first-order chi connectivity index (χ1) is 9.51. The summed E-state index contributed by atoms with van der Waals surface area (Å²) in [7, 11) is 1.73. The number of anilines is 2. The Labute approximate surface area is 134 Å². The van der Waals surface area contributed by atoms with Crippen molar-refractivity contribution in [1.82, 2.24) is 4.98 Å². The fraction of sp³-hybridized carbons (Fsp3) is 0.0769. The van der Waals surface area contributed by atoms with Crippen LogP contribution in [0.4, 0.5) is 11.5 Å². The first kappa shape index (κ1) is 15.1. The predicted octanol–water partition coefficient (Wildman–Crippen LogP) is 4.44. The maximum atomic E-state index is 12.1. The van der Waals surface area contributed by atoms with Crippen molar-refractivity contribution in [1.29, 1.82) is 0 Å². The lowest BCUT2D eigenvalue weighted by Crippen LogP contribution is -2.14. The zero-order valence-corrected chi connectivity index (χ0v) is 13.5. The third-order valence-corrected chi connectivity index (χ3v) is 3.54. The summed E-state index contributed by atoms with van der Waals surface area (Å²) in [6.07, 6.45) is 0. The zero-order valence-electron chi connectivity index (χ0n) is 10.4. The summed E-state index contributed by atoms with van der Waals surface area (Å²) in [5.41, 5.74) is 0.630. The molecule has 0 saturated heterocycles. The summed E-state index contributed by atoms with van der Waals surface area (Å²) >= 11 is 15.4. The van der Waals surface area contributed by atoms with Gasteiger partial charge in [0.1, 0.15) is 11.5 Å². The van der Waals surface area contributed by atoms with Gasteiger partial charge in [0.25, 0.3) is 5.91 Å². The van der Waals surface area contributed by atoms with Crippen molar-refractivity contribution >= 4 is 56.5 Å². The highest BCUT2D eigenvalue weighted by Crippen LogP contribution is 2.34. The van der Waals surface area contributed by atoms with Crippen molar-refractivity contribution in [2.45, 2.75) is 0 Å². The maximum Gasteiger partial charge on any atom is 0.274 e. The van der Waals surface area contributed by atoms with Crippen LogP contribution in [0.1, 0.15) is 10.5 Å². The van der Waals surface area contributed by atoms with Gasteiger partial charge in [0, 0.05) is 11.5 Å². The van der Waals surface area contributed by atoms with E-state index in [1.165, 1.54) is 0 Å². The zero-order chi connectivity index (χ0) is 14.7. The molecule has 1 aromatic carbocycles. The van der Waals surface area contributed by atoms with Gasteiger partial charge in [-0.05, 0) is 24.3 Å². The summed E-state index contributed by atoms with van der Waals surface area (Å²) in [5.74, 6) is 0.221. The van der Waals surface area contributed by atoms with Crippen LogP contribution in [0.15, 0.2) is 34.8 Å². The van der Waals surface area contributed by atoms with Gasteiger partial charge in [-0.25, -0.2) is 4.98 Å². The van der Waals surface area contributed by atoms with Gasteiger partial charge in [-0.3, -0.25) is 4.79 Å². The Kier molecular flexibility index (Phi) is 4.86. The van der Waals surface area contributed by atoms with Gasteiger partial charge in [-0.1, -0.05) is 45.2 Å². The molecule has 2 aromatic rings. The molecule has 0 atom stereocenters. The molecule has 0 fully saturated rings. The average Bonchev–Trinajstić information content (AvgIpc) is 2.42. The lowest BCUT2D eigenvalue weighted by molar-refractivity contribution is 0.102. The fourth-order valence-corrected chi connectivity index (χ4v) is 2.84. The number of hydrogen-bond donors (Lipinski definition) is 2. The molecule has 0 radical (unpaired) electrons. The van der Waals surface area contributed by atoms with Crippen LogP contribution in [0, 0.1) is 0 Å². The lowest BCUT2D eigenvalue weighted by Gasteiger charge is -2.10. The number of carbonyl (C=O) groups is 1. The molecule has 0 aliphatic carbocycles. The highest BCUT2D eigenvalue weighted by Gasteiger charge is 2.13. The lowest BCUT2D eigenvalue weighted by atomic mass is 10.3. The quantitative estimate of drug-likeness (QED) is 0.834. The predicted molar refractivity (Wildman–Crippen MR) is 85.9 cm³/mol. The molecule has 20 heavy (non-hydrogen) atoms. The molecule has 0 aliphatic rings. The summed E-state index contributed by atoms with van der Waals surface area (Å²) in [6.45, 7) is 0. The van der Waals surface area contributed by atoms with Gasteiger partial charge < -0.3 is 10.6 Å². The van der Waals surface area contributed by atoms with Crippen molar-refractivity contribution in [3.8, 4) is 0 Å². The van der Waals surface area contributed by atoms with Gasteiger partial charge in [-0.15, -0.1) is 0 Å². The largest absolute Gasteiger partial charge is 0.373 e. The first-order valence-corrected chi connectivity index (χ1v) is 7.17. The fourth-order valence-electron chi connectivity index (χ4n) is 1.54. The highest BCUT2D eigenvalue weighted by molar-refractivity contribution is 9.10. The van der Waals surface area contributed by atoms with E-state index in [1.54, 1.807) is 37.4 Å². The topological polar surface area (TPSA) is 54.0 Å². The third kappa shape index (κ3) is 3.42. The normalized spacial score (nSPS) is 10.2. The van der Waals surface area contributed by atoms with Crippen molar-refractivity contribution in [3.05, 3.63) is 50.5 Å². The second-order valence-electron chi connectivity index (χ2n) is 3.86. The molecule has 1 heterocycles. The number of amides is 1. The molecule has 0 unspecified atom stereocenters. The summed E-state index contributed by atoms with van der Waals surface area (Å²) in [4.78, 5) is 16.3. The van der Waals surface area contributed by atoms with E-state index in [-0.39, 0.29) is 11.6 Å². The molecule has 2 N–H and O–H groups in total. The van der Waals surface area contributed by atoms with E-state index in [2.05, 4.69) is 31.5 Å². The Morgan fingerprint density at radius 3 is 2.50 bits per heavy atom. The van der Waals surface area contributed by atoms with Gasteiger partial charge in [0.05, 0.1) is 15.7 Å². The molecule has 0 bridgehead atoms. The number of carbonyl (C=O) groups excluding carboxylic acids is 1. The van der Waals surface area contributed by atoms with E-state index in [1.807, 2.05) is 0 Å². The van der Waals surface area contributed by atoms with E-state index in [0.717, 1.165) is 4.47 Å². The van der Waals surface area contributed by atoms with Crippen molar-refractivity contribution in [2.24, 2.45) is 0 Å². The maximum absolute atomic E-state index is 12.1. The van der Waals surface area contributed by atoms with Crippen molar-refractivity contribution in [2.75, 3.05) is 17.7 Å². The molecule has 1 aromatic heterocycles. The van der Waals surface area contributed by atoms with Gasteiger partial charge in [-0.2, -0.15) is 0 Å². The minimum Gasteiger partial charge on any atom is -0.373 e. The number of nitrogens with zero attached hydrogens (tertiary/aromatic N) is 1. The monoisotopic (exact) mass is 373 g/mol. The van der Waals surface area contributed by atoms with Crippen LogP contribution < -0.4 is 10.6 Å². The number of nitrogens with one attached hydrogen (secondary N) is 2. The number of pyridine rings is 1. The molecule has 2 rings (SSSR count).